The van der Waals surface area contributed by atoms with Gasteiger partial charge in [-0.15, -0.1) is 11.3 Å². The first-order valence-corrected chi connectivity index (χ1v) is 7.29. The van der Waals surface area contributed by atoms with Gasteiger partial charge in [-0.25, -0.2) is 4.98 Å². The molecule has 0 bridgehead atoms. The summed E-state index contributed by atoms with van der Waals surface area (Å²) in [7, 11) is 0. The summed E-state index contributed by atoms with van der Waals surface area (Å²) >= 11 is 13.6. The third-order valence-electron chi connectivity index (χ3n) is 2.70. The fourth-order valence-corrected chi connectivity index (χ4v) is 2.57. The highest BCUT2D eigenvalue weighted by atomic mass is 35.5. The summed E-state index contributed by atoms with van der Waals surface area (Å²) in [5.74, 6) is 0. The molecule has 0 saturated heterocycles. The lowest BCUT2D eigenvalue weighted by Gasteiger charge is -2.14. The van der Waals surface area contributed by atoms with Gasteiger partial charge in [-0.3, -0.25) is 0 Å². The van der Waals surface area contributed by atoms with Crippen molar-refractivity contribution in [1.82, 2.24) is 10.3 Å². The quantitative estimate of drug-likeness (QED) is 0.892. The second-order valence-electron chi connectivity index (χ2n) is 4.13. The Balaban J connectivity index is 1.99. The second-order valence-corrected chi connectivity index (χ2v) is 6.01. The zero-order valence-corrected chi connectivity index (χ0v) is 12.5. The number of hydrogen-bond acceptors (Lipinski definition) is 3. The molecule has 0 aliphatic carbocycles. The number of nitrogens with one attached hydrogen (secondary N) is 1. The highest BCUT2D eigenvalue weighted by Crippen LogP contribution is 2.25. The van der Waals surface area contributed by atoms with Gasteiger partial charge >= 0.3 is 0 Å². The standard InChI is InChI=1S/C13H14Cl2N2S/c1-8(10-3-4-12(14)13(15)5-10)16-6-11-7-18-9(2)17-11/h3-5,7-8,16H,6H2,1-2H3/t8-/m0/s1. The number of benzene rings is 1. The van der Waals surface area contributed by atoms with Crippen molar-refractivity contribution >= 4 is 34.5 Å². The first kappa shape index (κ1) is 13.8. The number of hydrogen-bond donors (Lipinski definition) is 1. The minimum absolute atomic E-state index is 0.210. The van der Waals surface area contributed by atoms with E-state index in [4.69, 9.17) is 23.2 Å². The SMILES string of the molecule is Cc1nc(CN[C@@H](C)c2ccc(Cl)c(Cl)c2)cs1. The second kappa shape index (κ2) is 6.02. The molecule has 0 saturated carbocycles. The van der Waals surface area contributed by atoms with Crippen molar-refractivity contribution in [2.45, 2.75) is 26.4 Å². The largest absolute Gasteiger partial charge is 0.305 e. The molecule has 0 fully saturated rings. The van der Waals surface area contributed by atoms with E-state index in [1.807, 2.05) is 25.1 Å². The lowest BCUT2D eigenvalue weighted by molar-refractivity contribution is 0.569. The summed E-state index contributed by atoms with van der Waals surface area (Å²) < 4.78 is 0. The van der Waals surface area contributed by atoms with Gasteiger partial charge in [0, 0.05) is 18.0 Å². The molecule has 0 aliphatic heterocycles. The molecule has 96 valence electrons. The van der Waals surface area contributed by atoms with Crippen LogP contribution in [0.3, 0.4) is 0 Å². The Labute approximate surface area is 121 Å². The topological polar surface area (TPSA) is 24.9 Å². The Kier molecular flexibility index (Phi) is 4.62. The number of thiazole rings is 1. The van der Waals surface area contributed by atoms with Crippen LogP contribution in [0.25, 0.3) is 0 Å². The summed E-state index contributed by atoms with van der Waals surface area (Å²) in [6.45, 7) is 4.86. The van der Waals surface area contributed by atoms with Crippen LogP contribution in [0, 0.1) is 6.92 Å². The van der Waals surface area contributed by atoms with E-state index in [1.165, 1.54) is 0 Å². The minimum Gasteiger partial charge on any atom is -0.305 e. The maximum Gasteiger partial charge on any atom is 0.0897 e. The van der Waals surface area contributed by atoms with Gasteiger partial charge in [0.05, 0.1) is 20.7 Å². The van der Waals surface area contributed by atoms with E-state index in [1.54, 1.807) is 11.3 Å². The van der Waals surface area contributed by atoms with Gasteiger partial charge in [-0.05, 0) is 31.5 Å². The van der Waals surface area contributed by atoms with Crippen LogP contribution in [0.15, 0.2) is 23.6 Å². The van der Waals surface area contributed by atoms with Crippen LogP contribution in [-0.4, -0.2) is 4.98 Å². The first-order valence-electron chi connectivity index (χ1n) is 5.65. The normalized spacial score (nSPS) is 12.7. The molecule has 2 nitrogen and oxygen atoms in total. The molecule has 2 rings (SSSR count). The van der Waals surface area contributed by atoms with E-state index >= 15 is 0 Å². The number of rotatable bonds is 4. The van der Waals surface area contributed by atoms with Crippen LogP contribution in [0.4, 0.5) is 0 Å². The van der Waals surface area contributed by atoms with Gasteiger partial charge in [0.25, 0.3) is 0 Å². The number of aromatic nitrogens is 1. The molecule has 1 N–H and O–H groups in total. The van der Waals surface area contributed by atoms with E-state index in [0.29, 0.717) is 10.0 Å². The molecule has 0 aliphatic rings. The Morgan fingerprint density at radius 1 is 1.33 bits per heavy atom. The predicted octanol–water partition coefficient (Wildman–Crippen LogP) is 4.61. The first-order chi connectivity index (χ1) is 8.56. The highest BCUT2D eigenvalue weighted by Gasteiger charge is 2.08. The summed E-state index contributed by atoms with van der Waals surface area (Å²) in [5, 5.41) is 7.76. The summed E-state index contributed by atoms with van der Waals surface area (Å²) in [6, 6.07) is 5.91. The molecular weight excluding hydrogens is 287 g/mol. The van der Waals surface area contributed by atoms with Crippen molar-refractivity contribution in [3.8, 4) is 0 Å². The molecule has 0 unspecified atom stereocenters. The molecule has 1 heterocycles. The van der Waals surface area contributed by atoms with Crippen molar-refractivity contribution in [3.63, 3.8) is 0 Å². The molecule has 18 heavy (non-hydrogen) atoms. The number of aryl methyl sites for hydroxylation is 1. The van der Waals surface area contributed by atoms with Gasteiger partial charge in [0.2, 0.25) is 0 Å². The predicted molar refractivity (Wildman–Crippen MR) is 78.6 cm³/mol. The summed E-state index contributed by atoms with van der Waals surface area (Å²) in [6.07, 6.45) is 0. The van der Waals surface area contributed by atoms with Crippen LogP contribution < -0.4 is 5.32 Å². The van der Waals surface area contributed by atoms with E-state index in [2.05, 4.69) is 22.6 Å². The third kappa shape index (κ3) is 3.45. The van der Waals surface area contributed by atoms with Crippen molar-refractivity contribution in [3.05, 3.63) is 49.9 Å². The Hall–Kier alpha value is -0.610. The van der Waals surface area contributed by atoms with Gasteiger partial charge in [-0.2, -0.15) is 0 Å². The van der Waals surface area contributed by atoms with Crippen molar-refractivity contribution in [2.24, 2.45) is 0 Å². The van der Waals surface area contributed by atoms with E-state index in [9.17, 15) is 0 Å². The average molecular weight is 301 g/mol. The lowest BCUT2D eigenvalue weighted by Crippen LogP contribution is -2.18. The molecule has 1 aromatic carbocycles. The fraction of sp³-hybridized carbons (Fsp3) is 0.308. The Morgan fingerprint density at radius 2 is 2.11 bits per heavy atom. The van der Waals surface area contributed by atoms with Crippen molar-refractivity contribution in [2.75, 3.05) is 0 Å². The summed E-state index contributed by atoms with van der Waals surface area (Å²) in [5.41, 5.74) is 2.20. The smallest absolute Gasteiger partial charge is 0.0897 e. The third-order valence-corrected chi connectivity index (χ3v) is 4.26. The molecule has 0 amide bonds. The van der Waals surface area contributed by atoms with Gasteiger partial charge in [-0.1, -0.05) is 29.3 Å². The summed E-state index contributed by atoms with van der Waals surface area (Å²) in [4.78, 5) is 4.42. The molecule has 1 aromatic heterocycles. The van der Waals surface area contributed by atoms with E-state index in [-0.39, 0.29) is 6.04 Å². The number of nitrogens with zero attached hydrogens (tertiary/aromatic N) is 1. The van der Waals surface area contributed by atoms with Crippen LogP contribution in [0.1, 0.15) is 29.2 Å². The van der Waals surface area contributed by atoms with Crippen molar-refractivity contribution in [1.29, 1.82) is 0 Å². The molecule has 0 radical (unpaired) electrons. The fourth-order valence-electron chi connectivity index (χ4n) is 1.65. The lowest BCUT2D eigenvalue weighted by atomic mass is 10.1. The van der Waals surface area contributed by atoms with Crippen LogP contribution in [0.2, 0.25) is 10.0 Å². The molecule has 5 heteroatoms. The van der Waals surface area contributed by atoms with Crippen LogP contribution >= 0.6 is 34.5 Å². The average Bonchev–Trinajstić information content (AvgIpc) is 2.75. The molecule has 2 aromatic rings. The number of halogens is 2. The highest BCUT2D eigenvalue weighted by molar-refractivity contribution is 7.09. The van der Waals surface area contributed by atoms with Crippen molar-refractivity contribution < 1.29 is 0 Å². The Morgan fingerprint density at radius 3 is 2.72 bits per heavy atom. The zero-order valence-electron chi connectivity index (χ0n) is 10.2. The van der Waals surface area contributed by atoms with E-state index < -0.39 is 0 Å². The maximum atomic E-state index is 6.01. The molecule has 1 atom stereocenters. The molecule has 0 spiro atoms. The van der Waals surface area contributed by atoms with Crippen LogP contribution in [0.5, 0.6) is 0 Å². The van der Waals surface area contributed by atoms with Gasteiger partial charge in [0.1, 0.15) is 0 Å². The Bertz CT molecular complexity index is 540. The molecular formula is C13H14Cl2N2S. The van der Waals surface area contributed by atoms with Crippen LogP contribution in [-0.2, 0) is 6.54 Å². The van der Waals surface area contributed by atoms with Gasteiger partial charge in [0.15, 0.2) is 0 Å². The maximum absolute atomic E-state index is 6.01. The minimum atomic E-state index is 0.210. The van der Waals surface area contributed by atoms with E-state index in [0.717, 1.165) is 22.8 Å². The van der Waals surface area contributed by atoms with Gasteiger partial charge < -0.3 is 5.32 Å². The monoisotopic (exact) mass is 300 g/mol. The zero-order chi connectivity index (χ0) is 13.1.